The topological polar surface area (TPSA) is 0 Å². The van der Waals surface area contributed by atoms with E-state index in [9.17, 15) is 0 Å². The molecule has 3 aliphatic rings. The Hall–Kier alpha value is -0.260. The smallest absolute Gasteiger partial charge is 0.00269 e. The fourth-order valence-corrected chi connectivity index (χ4v) is 3.10. The van der Waals surface area contributed by atoms with Gasteiger partial charge >= 0.3 is 0 Å². The molecule has 2 fully saturated rings. The summed E-state index contributed by atoms with van der Waals surface area (Å²) in [6.45, 7) is 0. The van der Waals surface area contributed by atoms with Crippen LogP contribution in [0.3, 0.4) is 0 Å². The summed E-state index contributed by atoms with van der Waals surface area (Å²) in [5.74, 6) is 2.15. The van der Waals surface area contributed by atoms with E-state index in [0.29, 0.717) is 0 Å². The van der Waals surface area contributed by atoms with Crippen molar-refractivity contribution in [3.05, 3.63) is 12.2 Å². The molecule has 0 aliphatic heterocycles. The maximum Gasteiger partial charge on any atom is -0.00269 e. The van der Waals surface area contributed by atoms with E-state index in [1.54, 1.807) is 0 Å². The third-order valence-electron chi connectivity index (χ3n) is 3.79. The van der Waals surface area contributed by atoms with E-state index in [-0.39, 0.29) is 0 Å². The van der Waals surface area contributed by atoms with Gasteiger partial charge in [0.1, 0.15) is 0 Å². The van der Waals surface area contributed by atoms with Gasteiger partial charge in [-0.15, -0.1) is 0 Å². The Morgan fingerprint density at radius 1 is 1.44 bits per heavy atom. The van der Waals surface area contributed by atoms with Gasteiger partial charge in [-0.1, -0.05) is 18.6 Å². The summed E-state index contributed by atoms with van der Waals surface area (Å²) < 4.78 is 0. The molecule has 0 bridgehead atoms. The van der Waals surface area contributed by atoms with Crippen molar-refractivity contribution in [3.8, 4) is 0 Å². The van der Waals surface area contributed by atoms with E-state index in [1.165, 1.54) is 25.7 Å². The van der Waals surface area contributed by atoms with Gasteiger partial charge in [-0.2, -0.15) is 0 Å². The van der Waals surface area contributed by atoms with Crippen LogP contribution in [-0.4, -0.2) is 0 Å². The summed E-state index contributed by atoms with van der Waals surface area (Å²) in [4.78, 5) is 0. The Kier molecular flexibility index (Phi) is 0.564. The predicted molar refractivity (Wildman–Crippen MR) is 37.0 cm³/mol. The van der Waals surface area contributed by atoms with Crippen molar-refractivity contribution in [1.82, 2.24) is 0 Å². The molecule has 0 amide bonds. The van der Waals surface area contributed by atoms with Gasteiger partial charge in [0.05, 0.1) is 0 Å². The average molecular weight is 120 g/mol. The van der Waals surface area contributed by atoms with Crippen LogP contribution in [0.5, 0.6) is 0 Å². The quantitative estimate of drug-likeness (QED) is 0.430. The van der Waals surface area contributed by atoms with E-state index >= 15 is 0 Å². The van der Waals surface area contributed by atoms with Gasteiger partial charge in [-0.3, -0.25) is 0 Å². The van der Waals surface area contributed by atoms with Crippen LogP contribution in [0.4, 0.5) is 0 Å². The first-order valence-corrected chi connectivity index (χ1v) is 4.11. The fraction of sp³-hybridized carbons (Fsp3) is 0.778. The zero-order chi connectivity index (χ0) is 5.90. The van der Waals surface area contributed by atoms with Crippen LogP contribution in [0.2, 0.25) is 0 Å². The highest BCUT2D eigenvalue weighted by Crippen LogP contribution is 2.67. The lowest BCUT2D eigenvalue weighted by Gasteiger charge is -2.56. The van der Waals surface area contributed by atoms with Crippen molar-refractivity contribution < 1.29 is 0 Å². The molecule has 0 unspecified atom stereocenters. The minimum Gasteiger partial charge on any atom is -0.0839 e. The van der Waals surface area contributed by atoms with Crippen molar-refractivity contribution in [3.63, 3.8) is 0 Å². The maximum absolute atomic E-state index is 2.48. The zero-order valence-corrected chi connectivity index (χ0v) is 5.64. The molecule has 0 heteroatoms. The summed E-state index contributed by atoms with van der Waals surface area (Å²) in [6.07, 6.45) is 11.0. The van der Waals surface area contributed by atoms with Gasteiger partial charge in [-0.25, -0.2) is 0 Å². The minimum absolute atomic E-state index is 0.792. The molecule has 0 aromatic carbocycles. The molecule has 48 valence electrons. The van der Waals surface area contributed by atoms with E-state index in [0.717, 1.165) is 17.3 Å². The fourth-order valence-electron chi connectivity index (χ4n) is 3.10. The molecule has 1 spiro atoms. The highest BCUT2D eigenvalue weighted by atomic mass is 14.6. The second kappa shape index (κ2) is 1.12. The van der Waals surface area contributed by atoms with Crippen LogP contribution in [0.25, 0.3) is 0 Å². The number of hydrogen-bond acceptors (Lipinski definition) is 0. The Labute approximate surface area is 56.0 Å². The molecule has 3 atom stereocenters. The monoisotopic (exact) mass is 120 g/mol. The average Bonchev–Trinajstić information content (AvgIpc) is 2.23. The zero-order valence-electron chi connectivity index (χ0n) is 5.64. The van der Waals surface area contributed by atoms with Gasteiger partial charge in [0.15, 0.2) is 0 Å². The third kappa shape index (κ3) is 0.309. The summed E-state index contributed by atoms with van der Waals surface area (Å²) in [7, 11) is 0. The van der Waals surface area contributed by atoms with E-state index in [1.807, 2.05) is 0 Å². The number of hydrogen-bond donors (Lipinski definition) is 0. The minimum atomic E-state index is 0.792. The second-order valence-corrected chi connectivity index (χ2v) is 3.90. The summed E-state index contributed by atoms with van der Waals surface area (Å²) >= 11 is 0. The molecule has 0 saturated heterocycles. The van der Waals surface area contributed by atoms with E-state index in [2.05, 4.69) is 12.2 Å². The first kappa shape index (κ1) is 4.54. The highest BCUT2D eigenvalue weighted by molar-refractivity contribution is 5.29. The first-order chi connectivity index (χ1) is 4.42. The van der Waals surface area contributed by atoms with Crippen LogP contribution in [0, 0.1) is 17.3 Å². The van der Waals surface area contributed by atoms with Crippen molar-refractivity contribution in [2.45, 2.75) is 25.7 Å². The van der Waals surface area contributed by atoms with Crippen LogP contribution in [0.1, 0.15) is 25.7 Å². The lowest BCUT2D eigenvalue weighted by Crippen LogP contribution is -2.48. The maximum atomic E-state index is 2.48. The Balaban J connectivity index is 2.05. The SMILES string of the molecule is C1=C[C@]23CCC[C@@H]2C[C@H]13. The molecule has 3 aliphatic carbocycles. The van der Waals surface area contributed by atoms with Gasteiger partial charge in [0.2, 0.25) is 0 Å². The molecule has 0 aromatic heterocycles. The molecule has 2 saturated carbocycles. The number of rotatable bonds is 0. The van der Waals surface area contributed by atoms with Crippen LogP contribution in [-0.2, 0) is 0 Å². The Morgan fingerprint density at radius 3 is 2.89 bits per heavy atom. The van der Waals surface area contributed by atoms with Gasteiger partial charge < -0.3 is 0 Å². The van der Waals surface area contributed by atoms with Crippen LogP contribution < -0.4 is 0 Å². The summed E-state index contributed by atoms with van der Waals surface area (Å²) in [6, 6.07) is 0. The van der Waals surface area contributed by atoms with Crippen LogP contribution >= 0.6 is 0 Å². The standard InChI is InChI=1S/C9H12/c1-2-7-6-8-3-5-9(7,8)4-1/h3,5,7-8H,1-2,4,6H2/t7-,8+,9-/m1/s1. The first-order valence-electron chi connectivity index (χ1n) is 4.11. The molecule has 3 rings (SSSR count). The van der Waals surface area contributed by atoms with Crippen molar-refractivity contribution in [2.24, 2.45) is 17.3 Å². The molecular formula is C9H12. The predicted octanol–water partition coefficient (Wildman–Crippen LogP) is 2.36. The van der Waals surface area contributed by atoms with Gasteiger partial charge in [0, 0.05) is 0 Å². The van der Waals surface area contributed by atoms with Crippen LogP contribution in [0.15, 0.2) is 12.2 Å². The molecule has 0 heterocycles. The normalized spacial score (nSPS) is 59.6. The molecule has 0 aromatic rings. The molecular weight excluding hydrogens is 108 g/mol. The molecule has 0 N–H and O–H groups in total. The molecule has 0 radical (unpaired) electrons. The van der Waals surface area contributed by atoms with Crippen molar-refractivity contribution >= 4 is 0 Å². The largest absolute Gasteiger partial charge is 0.0839 e. The Bertz CT molecular complexity index is 180. The van der Waals surface area contributed by atoms with Crippen molar-refractivity contribution in [2.75, 3.05) is 0 Å². The van der Waals surface area contributed by atoms with E-state index in [4.69, 9.17) is 0 Å². The van der Waals surface area contributed by atoms with E-state index < -0.39 is 0 Å². The molecule has 9 heavy (non-hydrogen) atoms. The summed E-state index contributed by atoms with van der Waals surface area (Å²) in [5, 5.41) is 0. The lowest BCUT2D eigenvalue weighted by molar-refractivity contribution is 0.0275. The van der Waals surface area contributed by atoms with Gasteiger partial charge in [-0.05, 0) is 36.5 Å². The molecule has 0 nitrogen and oxygen atoms in total. The second-order valence-electron chi connectivity index (χ2n) is 3.90. The number of allylic oxidation sites excluding steroid dienone is 2. The van der Waals surface area contributed by atoms with Gasteiger partial charge in [0.25, 0.3) is 0 Å². The van der Waals surface area contributed by atoms with Crippen molar-refractivity contribution in [1.29, 1.82) is 0 Å². The highest BCUT2D eigenvalue weighted by Gasteiger charge is 2.58. The lowest BCUT2D eigenvalue weighted by atomic mass is 9.48. The Morgan fingerprint density at radius 2 is 2.44 bits per heavy atom. The summed E-state index contributed by atoms with van der Waals surface area (Å²) in [5.41, 5.74) is 0.792. The third-order valence-corrected chi connectivity index (χ3v) is 3.79.